The first kappa shape index (κ1) is 15.7. The third kappa shape index (κ3) is 3.10. The fourth-order valence-electron chi connectivity index (χ4n) is 2.53. The third-order valence-corrected chi connectivity index (χ3v) is 3.85. The quantitative estimate of drug-likeness (QED) is 0.574. The lowest BCUT2D eigenvalue weighted by Crippen LogP contribution is -2.04. The summed E-state index contributed by atoms with van der Waals surface area (Å²) in [6.07, 6.45) is 1.25. The number of benzene rings is 1. The lowest BCUT2D eigenvalue weighted by Gasteiger charge is -2.07. The number of rotatable bonds is 5. The van der Waals surface area contributed by atoms with E-state index in [1.54, 1.807) is 6.07 Å². The maximum atomic E-state index is 10.7. The summed E-state index contributed by atoms with van der Waals surface area (Å²) < 4.78 is 1.91. The van der Waals surface area contributed by atoms with Crippen molar-refractivity contribution in [1.82, 2.24) is 14.8 Å². The van der Waals surface area contributed by atoms with Crippen LogP contribution in [-0.2, 0) is 6.54 Å². The van der Waals surface area contributed by atoms with Gasteiger partial charge in [0.25, 0.3) is 5.69 Å². The summed E-state index contributed by atoms with van der Waals surface area (Å²) in [5, 5.41) is 18.4. The van der Waals surface area contributed by atoms with E-state index in [9.17, 15) is 10.1 Å². The van der Waals surface area contributed by atoms with Crippen LogP contribution in [0, 0.1) is 24.0 Å². The molecule has 7 nitrogen and oxygen atoms in total. The fourth-order valence-corrected chi connectivity index (χ4v) is 2.53. The average molecular weight is 323 g/mol. The molecular formula is C17H17N5O2. The predicted molar refractivity (Wildman–Crippen MR) is 91.3 cm³/mol. The fraction of sp³-hybridized carbons (Fsp3) is 0.176. The Morgan fingerprint density at radius 2 is 1.92 bits per heavy atom. The minimum atomic E-state index is -0.463. The highest BCUT2D eigenvalue weighted by atomic mass is 16.6. The van der Waals surface area contributed by atoms with Crippen molar-refractivity contribution >= 4 is 11.5 Å². The number of nitrogens with one attached hydrogen (secondary N) is 1. The van der Waals surface area contributed by atoms with Crippen LogP contribution in [0.5, 0.6) is 0 Å². The van der Waals surface area contributed by atoms with Crippen LogP contribution in [0.15, 0.2) is 48.7 Å². The third-order valence-electron chi connectivity index (χ3n) is 3.85. The second-order valence-electron chi connectivity index (χ2n) is 5.41. The molecule has 0 aliphatic rings. The highest BCUT2D eigenvalue weighted by Gasteiger charge is 2.13. The second-order valence-corrected chi connectivity index (χ2v) is 5.41. The summed E-state index contributed by atoms with van der Waals surface area (Å²) in [6.45, 7) is 4.54. The number of nitrogens with zero attached hydrogens (tertiary/aromatic N) is 4. The van der Waals surface area contributed by atoms with Crippen molar-refractivity contribution in [2.24, 2.45) is 0 Å². The van der Waals surface area contributed by atoms with Gasteiger partial charge in [0, 0.05) is 23.9 Å². The van der Waals surface area contributed by atoms with E-state index in [1.165, 1.54) is 12.3 Å². The van der Waals surface area contributed by atoms with Gasteiger partial charge in [0.2, 0.25) is 0 Å². The van der Waals surface area contributed by atoms with Gasteiger partial charge in [-0.1, -0.05) is 18.2 Å². The Labute approximate surface area is 139 Å². The number of hydrogen-bond acceptors (Lipinski definition) is 5. The van der Waals surface area contributed by atoms with Gasteiger partial charge in [0.15, 0.2) is 0 Å². The molecule has 24 heavy (non-hydrogen) atoms. The van der Waals surface area contributed by atoms with Crippen molar-refractivity contribution in [3.63, 3.8) is 0 Å². The van der Waals surface area contributed by atoms with E-state index in [4.69, 9.17) is 0 Å². The van der Waals surface area contributed by atoms with E-state index >= 15 is 0 Å². The van der Waals surface area contributed by atoms with Crippen molar-refractivity contribution in [2.75, 3.05) is 5.32 Å². The number of hydrogen-bond donors (Lipinski definition) is 1. The number of aromatic nitrogens is 3. The Kier molecular flexibility index (Phi) is 4.24. The maximum Gasteiger partial charge on any atom is 0.287 e. The zero-order chi connectivity index (χ0) is 17.1. The van der Waals surface area contributed by atoms with E-state index in [0.29, 0.717) is 12.4 Å². The van der Waals surface area contributed by atoms with Crippen LogP contribution in [0.3, 0.4) is 0 Å². The van der Waals surface area contributed by atoms with Crippen LogP contribution in [0.4, 0.5) is 11.5 Å². The number of aryl methyl sites for hydroxylation is 1. The molecule has 0 amide bonds. The summed E-state index contributed by atoms with van der Waals surface area (Å²) >= 11 is 0. The molecule has 2 aromatic heterocycles. The lowest BCUT2D eigenvalue weighted by atomic mass is 10.2. The largest absolute Gasteiger partial charge is 0.366 e. The smallest absolute Gasteiger partial charge is 0.287 e. The van der Waals surface area contributed by atoms with E-state index < -0.39 is 4.92 Å². The van der Waals surface area contributed by atoms with Crippen molar-refractivity contribution in [3.05, 3.63) is 75.7 Å². The van der Waals surface area contributed by atoms with E-state index in [2.05, 4.69) is 15.4 Å². The lowest BCUT2D eigenvalue weighted by molar-refractivity contribution is -0.385. The predicted octanol–water partition coefficient (Wildman–Crippen LogP) is 3.40. The first-order valence-corrected chi connectivity index (χ1v) is 7.51. The summed E-state index contributed by atoms with van der Waals surface area (Å²) in [7, 11) is 0. The molecule has 0 aliphatic heterocycles. The average Bonchev–Trinajstić information content (AvgIpc) is 2.88. The molecule has 0 bridgehead atoms. The van der Waals surface area contributed by atoms with Gasteiger partial charge >= 0.3 is 0 Å². The van der Waals surface area contributed by atoms with E-state index in [0.717, 1.165) is 22.6 Å². The van der Waals surface area contributed by atoms with Crippen molar-refractivity contribution < 1.29 is 4.92 Å². The molecular weight excluding hydrogens is 306 g/mol. The van der Waals surface area contributed by atoms with Gasteiger partial charge in [-0.15, -0.1) is 0 Å². The van der Waals surface area contributed by atoms with Gasteiger partial charge < -0.3 is 5.32 Å². The minimum Gasteiger partial charge on any atom is -0.366 e. The zero-order valence-electron chi connectivity index (χ0n) is 13.4. The standard InChI is InChI=1S/C17H17N5O2/c1-12-16(11-19-17-9-8-15(10-18-17)22(23)24)13(2)21(20-12)14-6-4-3-5-7-14/h3-10H,11H2,1-2H3,(H,18,19). The molecule has 3 aromatic rings. The highest BCUT2D eigenvalue weighted by Crippen LogP contribution is 2.19. The molecule has 3 rings (SSSR count). The second kappa shape index (κ2) is 6.49. The topological polar surface area (TPSA) is 85.9 Å². The van der Waals surface area contributed by atoms with Crippen molar-refractivity contribution in [3.8, 4) is 5.69 Å². The Morgan fingerprint density at radius 1 is 1.17 bits per heavy atom. The molecule has 0 saturated carbocycles. The molecule has 0 saturated heterocycles. The van der Waals surface area contributed by atoms with Gasteiger partial charge in [0.05, 0.1) is 16.3 Å². The van der Waals surface area contributed by atoms with Crippen LogP contribution < -0.4 is 5.32 Å². The van der Waals surface area contributed by atoms with Gasteiger partial charge in [-0.05, 0) is 32.0 Å². The summed E-state index contributed by atoms with van der Waals surface area (Å²) in [4.78, 5) is 14.2. The molecule has 1 N–H and O–H groups in total. The molecule has 122 valence electrons. The molecule has 0 atom stereocenters. The number of nitro groups is 1. The summed E-state index contributed by atoms with van der Waals surface area (Å²) in [5.41, 5.74) is 4.06. The van der Waals surface area contributed by atoms with Gasteiger partial charge in [-0.3, -0.25) is 10.1 Å². The van der Waals surface area contributed by atoms with Gasteiger partial charge in [-0.2, -0.15) is 5.10 Å². The SMILES string of the molecule is Cc1nn(-c2ccccc2)c(C)c1CNc1ccc([N+](=O)[O-])cn1. The minimum absolute atomic E-state index is 0.0233. The Hall–Kier alpha value is -3.22. The summed E-state index contributed by atoms with van der Waals surface area (Å²) in [5.74, 6) is 0.590. The molecule has 0 spiro atoms. The number of para-hydroxylation sites is 1. The van der Waals surface area contributed by atoms with Gasteiger partial charge in [-0.25, -0.2) is 9.67 Å². The zero-order valence-corrected chi connectivity index (χ0v) is 13.4. The first-order valence-electron chi connectivity index (χ1n) is 7.51. The van der Waals surface area contributed by atoms with E-state index in [-0.39, 0.29) is 5.69 Å². The van der Waals surface area contributed by atoms with Crippen LogP contribution in [0.25, 0.3) is 5.69 Å². The molecule has 0 radical (unpaired) electrons. The molecule has 0 aliphatic carbocycles. The molecule has 7 heteroatoms. The Balaban J connectivity index is 1.78. The van der Waals surface area contributed by atoms with E-state index in [1.807, 2.05) is 48.9 Å². The Morgan fingerprint density at radius 3 is 2.54 bits per heavy atom. The number of pyridine rings is 1. The van der Waals surface area contributed by atoms with Crippen molar-refractivity contribution in [1.29, 1.82) is 0 Å². The molecule has 2 heterocycles. The normalized spacial score (nSPS) is 10.6. The van der Waals surface area contributed by atoms with Crippen molar-refractivity contribution in [2.45, 2.75) is 20.4 Å². The Bertz CT molecular complexity index is 857. The maximum absolute atomic E-state index is 10.7. The van der Waals surface area contributed by atoms with Crippen LogP contribution in [0.2, 0.25) is 0 Å². The highest BCUT2D eigenvalue weighted by molar-refractivity contribution is 5.43. The van der Waals surface area contributed by atoms with Gasteiger partial charge in [0.1, 0.15) is 12.0 Å². The molecule has 0 unspecified atom stereocenters. The number of anilines is 1. The van der Waals surface area contributed by atoms with Crippen LogP contribution in [-0.4, -0.2) is 19.7 Å². The summed E-state index contributed by atoms with van der Waals surface area (Å²) in [6, 6.07) is 13.0. The monoisotopic (exact) mass is 323 g/mol. The molecule has 0 fully saturated rings. The first-order chi connectivity index (χ1) is 11.6. The van der Waals surface area contributed by atoms with Crippen LogP contribution >= 0.6 is 0 Å². The molecule has 1 aromatic carbocycles. The van der Waals surface area contributed by atoms with Crippen LogP contribution in [0.1, 0.15) is 17.0 Å².